The SMILES string of the molecule is CCN1CCN(CC(=O)Nc2ccccc2C(=O)NCCN)C(=O)C1=O. The number of carbonyl (C=O) groups is 4. The molecule has 1 aliphatic rings. The van der Waals surface area contributed by atoms with E-state index in [-0.39, 0.29) is 12.5 Å². The molecule has 1 saturated heterocycles. The summed E-state index contributed by atoms with van der Waals surface area (Å²) in [5, 5.41) is 5.26. The number of hydrogen-bond donors (Lipinski definition) is 3. The first-order valence-electron chi connectivity index (χ1n) is 8.43. The first-order valence-corrected chi connectivity index (χ1v) is 8.43. The molecule has 1 aliphatic heterocycles. The van der Waals surface area contributed by atoms with Crippen LogP contribution in [-0.2, 0) is 14.4 Å². The lowest BCUT2D eigenvalue weighted by atomic mass is 10.1. The van der Waals surface area contributed by atoms with E-state index in [1.807, 2.05) is 0 Å². The summed E-state index contributed by atoms with van der Waals surface area (Å²) in [5.74, 6) is -2.13. The molecule has 4 amide bonds. The van der Waals surface area contributed by atoms with Crippen molar-refractivity contribution in [2.24, 2.45) is 5.73 Å². The number of hydrogen-bond acceptors (Lipinski definition) is 5. The molecule has 0 aromatic heterocycles. The summed E-state index contributed by atoms with van der Waals surface area (Å²) in [6.07, 6.45) is 0. The Bertz CT molecular complexity index is 706. The number of nitrogens with one attached hydrogen (secondary N) is 2. The van der Waals surface area contributed by atoms with Crippen molar-refractivity contribution < 1.29 is 19.2 Å². The van der Waals surface area contributed by atoms with Crippen molar-refractivity contribution in [2.45, 2.75) is 6.92 Å². The summed E-state index contributed by atoms with van der Waals surface area (Å²) in [4.78, 5) is 51.0. The van der Waals surface area contributed by atoms with Crippen molar-refractivity contribution in [3.05, 3.63) is 29.8 Å². The van der Waals surface area contributed by atoms with Gasteiger partial charge in [0.15, 0.2) is 0 Å². The summed E-state index contributed by atoms with van der Waals surface area (Å²) >= 11 is 0. The van der Waals surface area contributed by atoms with E-state index in [4.69, 9.17) is 5.73 Å². The maximum absolute atomic E-state index is 12.3. The normalized spacial score (nSPS) is 14.4. The highest BCUT2D eigenvalue weighted by Gasteiger charge is 2.32. The van der Waals surface area contributed by atoms with Crippen molar-refractivity contribution in [3.63, 3.8) is 0 Å². The lowest BCUT2D eigenvalue weighted by molar-refractivity contribution is -0.156. The molecule has 0 saturated carbocycles. The number of benzene rings is 1. The summed E-state index contributed by atoms with van der Waals surface area (Å²) in [5.41, 5.74) is 6.00. The lowest BCUT2D eigenvalue weighted by Gasteiger charge is -2.32. The minimum Gasteiger partial charge on any atom is -0.351 e. The van der Waals surface area contributed by atoms with Gasteiger partial charge in [0.25, 0.3) is 5.91 Å². The molecule has 1 heterocycles. The summed E-state index contributed by atoms with van der Waals surface area (Å²) in [6.45, 7) is 3.31. The molecule has 9 heteroatoms. The Balaban J connectivity index is 2.01. The Morgan fingerprint density at radius 2 is 1.77 bits per heavy atom. The third-order valence-electron chi connectivity index (χ3n) is 3.99. The number of nitrogens with two attached hydrogens (primary N) is 1. The highest BCUT2D eigenvalue weighted by Crippen LogP contribution is 2.15. The van der Waals surface area contributed by atoms with Gasteiger partial charge in [0.05, 0.1) is 11.3 Å². The van der Waals surface area contributed by atoms with E-state index in [9.17, 15) is 19.2 Å². The Morgan fingerprint density at radius 1 is 1.12 bits per heavy atom. The third kappa shape index (κ3) is 4.57. The van der Waals surface area contributed by atoms with E-state index in [0.717, 1.165) is 0 Å². The number of rotatable bonds is 7. The van der Waals surface area contributed by atoms with E-state index in [0.29, 0.717) is 44.0 Å². The van der Waals surface area contributed by atoms with Crippen LogP contribution in [0.25, 0.3) is 0 Å². The highest BCUT2D eigenvalue weighted by atomic mass is 16.2. The first-order chi connectivity index (χ1) is 12.5. The molecule has 0 atom stereocenters. The Morgan fingerprint density at radius 3 is 2.46 bits per heavy atom. The van der Waals surface area contributed by atoms with Crippen LogP contribution in [0.5, 0.6) is 0 Å². The highest BCUT2D eigenvalue weighted by molar-refractivity contribution is 6.35. The largest absolute Gasteiger partial charge is 0.351 e. The molecule has 1 aromatic carbocycles. The van der Waals surface area contributed by atoms with Gasteiger partial charge < -0.3 is 26.2 Å². The molecule has 0 spiro atoms. The van der Waals surface area contributed by atoms with Gasteiger partial charge in [-0.2, -0.15) is 0 Å². The van der Waals surface area contributed by atoms with Crippen molar-refractivity contribution in [1.29, 1.82) is 0 Å². The van der Waals surface area contributed by atoms with Crippen molar-refractivity contribution in [3.8, 4) is 0 Å². The predicted octanol–water partition coefficient (Wildman–Crippen LogP) is -0.996. The van der Waals surface area contributed by atoms with E-state index in [1.54, 1.807) is 31.2 Å². The smallest absolute Gasteiger partial charge is 0.312 e. The van der Waals surface area contributed by atoms with Gasteiger partial charge >= 0.3 is 11.8 Å². The fourth-order valence-electron chi connectivity index (χ4n) is 2.60. The summed E-state index contributed by atoms with van der Waals surface area (Å²) in [7, 11) is 0. The molecule has 0 bridgehead atoms. The molecule has 4 N–H and O–H groups in total. The van der Waals surface area contributed by atoms with Gasteiger partial charge in [-0.15, -0.1) is 0 Å². The molecule has 0 aliphatic carbocycles. The molecule has 2 rings (SSSR count). The number of likely N-dealkylation sites (N-methyl/N-ethyl adjacent to an activating group) is 1. The van der Waals surface area contributed by atoms with Gasteiger partial charge in [-0.05, 0) is 19.1 Å². The average Bonchev–Trinajstić information content (AvgIpc) is 2.64. The molecule has 26 heavy (non-hydrogen) atoms. The number of carbonyl (C=O) groups excluding carboxylic acids is 4. The van der Waals surface area contributed by atoms with Gasteiger partial charge in [-0.25, -0.2) is 0 Å². The fourth-order valence-corrected chi connectivity index (χ4v) is 2.60. The Labute approximate surface area is 151 Å². The number of nitrogens with zero attached hydrogens (tertiary/aromatic N) is 2. The number of amides is 4. The molecule has 1 fully saturated rings. The maximum Gasteiger partial charge on any atom is 0.312 e. The second kappa shape index (κ2) is 8.95. The van der Waals surface area contributed by atoms with Crippen molar-refractivity contribution in [2.75, 3.05) is 44.6 Å². The van der Waals surface area contributed by atoms with Crippen LogP contribution in [0.4, 0.5) is 5.69 Å². The van der Waals surface area contributed by atoms with Crippen LogP contribution in [-0.4, -0.2) is 72.7 Å². The van der Waals surface area contributed by atoms with Crippen molar-refractivity contribution in [1.82, 2.24) is 15.1 Å². The predicted molar refractivity (Wildman–Crippen MR) is 95.3 cm³/mol. The number of piperazine rings is 1. The van der Waals surface area contributed by atoms with Crippen LogP contribution < -0.4 is 16.4 Å². The zero-order chi connectivity index (χ0) is 19.1. The van der Waals surface area contributed by atoms with E-state index in [2.05, 4.69) is 10.6 Å². The molecule has 1 aromatic rings. The van der Waals surface area contributed by atoms with Crippen molar-refractivity contribution >= 4 is 29.3 Å². The molecular weight excluding hydrogens is 338 g/mol. The standard InChI is InChI=1S/C17H23N5O4/c1-2-21-9-10-22(17(26)16(21)25)11-14(23)20-13-6-4-3-5-12(13)15(24)19-8-7-18/h3-6H,2,7-11,18H2,1H3,(H,19,24)(H,20,23). The zero-order valence-electron chi connectivity index (χ0n) is 14.7. The molecule has 0 radical (unpaired) electrons. The van der Waals surface area contributed by atoms with E-state index < -0.39 is 17.7 Å². The van der Waals surface area contributed by atoms with Gasteiger partial charge in [0.2, 0.25) is 5.91 Å². The third-order valence-corrected chi connectivity index (χ3v) is 3.99. The molecule has 0 unspecified atom stereocenters. The van der Waals surface area contributed by atoms with Crippen LogP contribution in [0.15, 0.2) is 24.3 Å². The Hall–Kier alpha value is -2.94. The molecule has 140 valence electrons. The minimum atomic E-state index is -0.692. The molecule has 9 nitrogen and oxygen atoms in total. The average molecular weight is 361 g/mol. The van der Waals surface area contributed by atoms with Gasteiger partial charge in [0.1, 0.15) is 6.54 Å². The lowest BCUT2D eigenvalue weighted by Crippen LogP contribution is -2.55. The second-order valence-corrected chi connectivity index (χ2v) is 5.75. The van der Waals surface area contributed by atoms with Crippen LogP contribution in [0.2, 0.25) is 0 Å². The quantitative estimate of drug-likeness (QED) is 0.538. The first kappa shape index (κ1) is 19.4. The van der Waals surface area contributed by atoms with E-state index >= 15 is 0 Å². The van der Waals surface area contributed by atoms with Gasteiger partial charge in [-0.1, -0.05) is 12.1 Å². The molecular formula is C17H23N5O4. The maximum atomic E-state index is 12.3. The van der Waals surface area contributed by atoms with Gasteiger partial charge in [-0.3, -0.25) is 19.2 Å². The summed E-state index contributed by atoms with van der Waals surface area (Å²) < 4.78 is 0. The zero-order valence-corrected chi connectivity index (χ0v) is 14.7. The van der Waals surface area contributed by atoms with E-state index in [1.165, 1.54) is 9.80 Å². The second-order valence-electron chi connectivity index (χ2n) is 5.75. The minimum absolute atomic E-state index is 0.249. The Kier molecular flexibility index (Phi) is 6.67. The number of anilines is 1. The van der Waals surface area contributed by atoms with Gasteiger partial charge in [0, 0.05) is 32.7 Å². The topological polar surface area (TPSA) is 125 Å². The summed E-state index contributed by atoms with van der Waals surface area (Å²) in [6, 6.07) is 6.54. The van der Waals surface area contributed by atoms with Crippen LogP contribution in [0, 0.1) is 0 Å². The number of para-hydroxylation sites is 1. The van der Waals surface area contributed by atoms with Crippen LogP contribution in [0.3, 0.4) is 0 Å². The fraction of sp³-hybridized carbons (Fsp3) is 0.412. The van der Waals surface area contributed by atoms with Crippen LogP contribution >= 0.6 is 0 Å². The monoisotopic (exact) mass is 361 g/mol. The van der Waals surface area contributed by atoms with Crippen LogP contribution in [0.1, 0.15) is 17.3 Å².